The van der Waals surface area contributed by atoms with Gasteiger partial charge in [-0.25, -0.2) is 4.79 Å². The molecule has 0 aromatic heterocycles. The van der Waals surface area contributed by atoms with Crippen LogP contribution < -0.4 is 5.32 Å². The van der Waals surface area contributed by atoms with Crippen LogP contribution in [0.5, 0.6) is 0 Å². The van der Waals surface area contributed by atoms with E-state index in [1.54, 1.807) is 0 Å². The molecule has 0 amide bonds. The molecule has 3 aromatic rings. The normalized spacial score (nSPS) is 23.6. The monoisotopic (exact) mass is 501 g/mol. The lowest BCUT2D eigenvalue weighted by atomic mass is 9.61. The Balaban J connectivity index is 1.47. The highest BCUT2D eigenvalue weighted by Gasteiger charge is 2.52. The van der Waals surface area contributed by atoms with Crippen LogP contribution in [0.15, 0.2) is 84.4 Å². The number of esters is 1. The maximum absolute atomic E-state index is 13.2. The van der Waals surface area contributed by atoms with Crippen molar-refractivity contribution in [3.05, 3.63) is 106 Å². The molecule has 1 atom stereocenters. The Labute approximate surface area is 218 Å². The number of anilines is 1. The number of hydrogen-bond donors (Lipinski definition) is 2. The first-order chi connectivity index (χ1) is 17.5. The summed E-state index contributed by atoms with van der Waals surface area (Å²) in [5.41, 5.74) is 4.89. The number of halogens is 1. The number of benzene rings is 3. The number of rotatable bonds is 7. The second-order valence-corrected chi connectivity index (χ2v) is 10.5. The fourth-order valence-electron chi connectivity index (χ4n) is 6.20. The Morgan fingerprint density at radius 1 is 1.00 bits per heavy atom. The second-order valence-electron chi connectivity index (χ2n) is 10.0. The summed E-state index contributed by atoms with van der Waals surface area (Å²) in [5.74, 6) is -0.216. The summed E-state index contributed by atoms with van der Waals surface area (Å²) >= 11 is 6.22. The first kappa shape index (κ1) is 24.6. The van der Waals surface area contributed by atoms with Crippen molar-refractivity contribution in [1.29, 1.82) is 0 Å². The molecule has 36 heavy (non-hydrogen) atoms. The van der Waals surface area contributed by atoms with Gasteiger partial charge in [0.05, 0.1) is 13.7 Å². The number of ether oxygens (including phenoxy) is 1. The zero-order valence-electron chi connectivity index (χ0n) is 20.5. The van der Waals surface area contributed by atoms with E-state index in [1.807, 2.05) is 42.5 Å². The molecule has 0 bridgehead atoms. The summed E-state index contributed by atoms with van der Waals surface area (Å²) in [4.78, 5) is 13.2. The average molecular weight is 502 g/mol. The summed E-state index contributed by atoms with van der Waals surface area (Å²) in [6, 6.07) is 26.3. The molecule has 1 fully saturated rings. The van der Waals surface area contributed by atoms with E-state index in [-0.39, 0.29) is 23.9 Å². The van der Waals surface area contributed by atoms with E-state index in [0.717, 1.165) is 30.5 Å². The molecule has 0 saturated heterocycles. The summed E-state index contributed by atoms with van der Waals surface area (Å²) in [6.07, 6.45) is 5.98. The van der Waals surface area contributed by atoms with E-state index in [1.165, 1.54) is 23.8 Å². The maximum atomic E-state index is 13.2. The van der Waals surface area contributed by atoms with Gasteiger partial charge in [0.2, 0.25) is 0 Å². The molecule has 5 rings (SSSR count). The Morgan fingerprint density at radius 3 is 2.42 bits per heavy atom. The predicted molar refractivity (Wildman–Crippen MR) is 145 cm³/mol. The van der Waals surface area contributed by atoms with Gasteiger partial charge >= 0.3 is 5.97 Å². The van der Waals surface area contributed by atoms with Crippen LogP contribution in [0.25, 0.3) is 6.08 Å². The SMILES string of the molecule is COC(=O)C1(Nc2cccc(Cl)c2)CCC2(CC1)C(C[C@@H](CO)c1ccccc1)=Cc1ccccc12. The Kier molecular flexibility index (Phi) is 6.92. The Hall–Kier alpha value is -3.08. The topological polar surface area (TPSA) is 58.6 Å². The predicted octanol–water partition coefficient (Wildman–Crippen LogP) is 6.74. The number of carbonyl (C=O) groups excluding carboxylic acids is 1. The van der Waals surface area contributed by atoms with Crippen molar-refractivity contribution in [2.75, 3.05) is 19.0 Å². The van der Waals surface area contributed by atoms with Crippen molar-refractivity contribution >= 4 is 29.3 Å². The number of hydrogen-bond acceptors (Lipinski definition) is 4. The quantitative estimate of drug-likeness (QED) is 0.352. The number of carbonyl (C=O) groups is 1. The molecule has 1 spiro atoms. The van der Waals surface area contributed by atoms with Crippen molar-refractivity contribution in [2.45, 2.75) is 49.0 Å². The largest absolute Gasteiger partial charge is 0.467 e. The van der Waals surface area contributed by atoms with Gasteiger partial charge in [-0.1, -0.05) is 83.9 Å². The van der Waals surface area contributed by atoms with Crippen LogP contribution in [-0.2, 0) is 14.9 Å². The third kappa shape index (κ3) is 4.44. The molecule has 0 radical (unpaired) electrons. The second kappa shape index (κ2) is 10.1. The van der Waals surface area contributed by atoms with Crippen LogP contribution in [0.2, 0.25) is 5.02 Å². The molecule has 4 nitrogen and oxygen atoms in total. The van der Waals surface area contributed by atoms with Crippen LogP contribution in [0, 0.1) is 0 Å². The van der Waals surface area contributed by atoms with Gasteiger partial charge in [-0.15, -0.1) is 0 Å². The lowest BCUT2D eigenvalue weighted by Crippen LogP contribution is -2.52. The minimum absolute atomic E-state index is 0.0283. The van der Waals surface area contributed by atoms with Gasteiger partial charge in [-0.2, -0.15) is 0 Å². The van der Waals surface area contributed by atoms with Crippen molar-refractivity contribution in [3.8, 4) is 0 Å². The number of allylic oxidation sites excluding steroid dienone is 1. The van der Waals surface area contributed by atoms with E-state index in [9.17, 15) is 9.90 Å². The van der Waals surface area contributed by atoms with Gasteiger partial charge in [-0.05, 0) is 67.0 Å². The zero-order chi connectivity index (χ0) is 25.2. The van der Waals surface area contributed by atoms with Gasteiger partial charge in [-0.3, -0.25) is 0 Å². The van der Waals surface area contributed by atoms with Gasteiger partial charge < -0.3 is 15.2 Å². The third-order valence-electron chi connectivity index (χ3n) is 8.12. The molecule has 0 unspecified atom stereocenters. The maximum Gasteiger partial charge on any atom is 0.331 e. The minimum atomic E-state index is -0.816. The van der Waals surface area contributed by atoms with Crippen molar-refractivity contribution in [2.24, 2.45) is 0 Å². The Morgan fingerprint density at radius 2 is 1.72 bits per heavy atom. The van der Waals surface area contributed by atoms with E-state index >= 15 is 0 Å². The van der Waals surface area contributed by atoms with E-state index in [4.69, 9.17) is 16.3 Å². The number of methoxy groups -OCH3 is 1. The fraction of sp³-hybridized carbons (Fsp3) is 0.323. The summed E-state index contributed by atoms with van der Waals surface area (Å²) in [6.45, 7) is 0.0935. The summed E-state index contributed by atoms with van der Waals surface area (Å²) < 4.78 is 5.30. The smallest absolute Gasteiger partial charge is 0.331 e. The average Bonchev–Trinajstić information content (AvgIpc) is 3.21. The Bertz CT molecular complexity index is 1260. The standard InChI is InChI=1S/C31H32ClNO3/c1-36-29(35)31(33-27-12-7-11-26(32)20-27)16-14-30(15-17-31)25(18-23-10-5-6-13-28(23)30)19-24(21-34)22-8-3-2-4-9-22/h2-13,18,20,24,33-34H,14-17,19,21H2,1H3/t24-,30?,31?/m0/s1. The number of aliphatic hydroxyl groups excluding tert-OH is 1. The lowest BCUT2D eigenvalue weighted by Gasteiger charge is -2.46. The molecule has 2 aliphatic carbocycles. The molecular weight excluding hydrogens is 470 g/mol. The first-order valence-electron chi connectivity index (χ1n) is 12.6. The molecule has 2 N–H and O–H groups in total. The van der Waals surface area contributed by atoms with Crippen LogP contribution in [0.4, 0.5) is 5.69 Å². The van der Waals surface area contributed by atoms with Crippen LogP contribution in [0.1, 0.15) is 54.7 Å². The zero-order valence-corrected chi connectivity index (χ0v) is 21.3. The molecular formula is C31H32ClNO3. The molecule has 186 valence electrons. The number of nitrogens with one attached hydrogen (secondary N) is 1. The fourth-order valence-corrected chi connectivity index (χ4v) is 6.39. The highest BCUT2D eigenvalue weighted by atomic mass is 35.5. The van der Waals surface area contributed by atoms with Gasteiger partial charge in [0.1, 0.15) is 5.54 Å². The highest BCUT2D eigenvalue weighted by Crippen LogP contribution is 2.55. The van der Waals surface area contributed by atoms with E-state index in [2.05, 4.69) is 47.8 Å². The van der Waals surface area contributed by atoms with Crippen LogP contribution in [-0.4, -0.2) is 30.3 Å². The minimum Gasteiger partial charge on any atom is -0.467 e. The van der Waals surface area contributed by atoms with Crippen LogP contribution >= 0.6 is 11.6 Å². The molecule has 2 aliphatic rings. The van der Waals surface area contributed by atoms with Crippen molar-refractivity contribution in [3.63, 3.8) is 0 Å². The lowest BCUT2D eigenvalue weighted by molar-refractivity contribution is -0.147. The van der Waals surface area contributed by atoms with Crippen molar-refractivity contribution in [1.82, 2.24) is 0 Å². The van der Waals surface area contributed by atoms with Gasteiger partial charge in [0.25, 0.3) is 0 Å². The number of aliphatic hydroxyl groups is 1. The molecule has 1 saturated carbocycles. The van der Waals surface area contributed by atoms with Gasteiger partial charge in [0.15, 0.2) is 0 Å². The van der Waals surface area contributed by atoms with E-state index < -0.39 is 5.54 Å². The summed E-state index contributed by atoms with van der Waals surface area (Å²) in [5, 5.41) is 14.4. The van der Waals surface area contributed by atoms with Crippen LogP contribution in [0.3, 0.4) is 0 Å². The molecule has 0 heterocycles. The van der Waals surface area contributed by atoms with Gasteiger partial charge in [0, 0.05) is 22.0 Å². The molecule has 3 aromatic carbocycles. The molecule has 0 aliphatic heterocycles. The number of fused-ring (bicyclic) bond motifs is 2. The first-order valence-corrected chi connectivity index (χ1v) is 13.0. The summed E-state index contributed by atoms with van der Waals surface area (Å²) in [7, 11) is 1.45. The van der Waals surface area contributed by atoms with Crippen molar-refractivity contribution < 1.29 is 14.6 Å². The third-order valence-corrected chi connectivity index (χ3v) is 8.36. The molecule has 5 heteroatoms. The highest BCUT2D eigenvalue weighted by molar-refractivity contribution is 6.30. The van der Waals surface area contributed by atoms with E-state index in [0.29, 0.717) is 17.9 Å².